The Morgan fingerprint density at radius 1 is 1.30 bits per heavy atom. The van der Waals surface area contributed by atoms with Gasteiger partial charge in [0, 0.05) is 30.5 Å². The van der Waals surface area contributed by atoms with Crippen LogP contribution in [0.15, 0.2) is 30.6 Å². The molecule has 0 aliphatic rings. The van der Waals surface area contributed by atoms with Crippen molar-refractivity contribution in [3.63, 3.8) is 0 Å². The molecule has 0 amide bonds. The minimum atomic E-state index is -0.492. The molecule has 1 aromatic carbocycles. The lowest BCUT2D eigenvalue weighted by molar-refractivity contribution is 0.487. The third-order valence-electron chi connectivity index (χ3n) is 3.32. The number of imidazole rings is 1. The highest BCUT2D eigenvalue weighted by atomic mass is 19.1. The lowest BCUT2D eigenvalue weighted by atomic mass is 10.1. The molecular weight excluding hydrogens is 260 g/mol. The number of hydrogen-bond donors (Lipinski definition) is 1. The van der Waals surface area contributed by atoms with Crippen LogP contribution in [0.5, 0.6) is 0 Å². The van der Waals surface area contributed by atoms with E-state index in [9.17, 15) is 8.78 Å². The summed E-state index contributed by atoms with van der Waals surface area (Å²) in [6, 6.07) is 3.91. The van der Waals surface area contributed by atoms with Crippen LogP contribution in [-0.2, 0) is 19.5 Å². The summed E-state index contributed by atoms with van der Waals surface area (Å²) in [5.41, 5.74) is 0.131. The molecule has 0 spiro atoms. The van der Waals surface area contributed by atoms with Crippen LogP contribution in [-0.4, -0.2) is 15.6 Å². The van der Waals surface area contributed by atoms with Gasteiger partial charge in [-0.1, -0.05) is 6.07 Å². The van der Waals surface area contributed by atoms with Crippen molar-refractivity contribution in [3.05, 3.63) is 53.6 Å². The van der Waals surface area contributed by atoms with E-state index in [1.54, 1.807) is 6.20 Å². The summed E-state index contributed by atoms with van der Waals surface area (Å²) in [5, 5.41) is 3.25. The molecule has 2 rings (SSSR count). The summed E-state index contributed by atoms with van der Waals surface area (Å²) in [4.78, 5) is 4.25. The van der Waals surface area contributed by atoms with Crippen molar-refractivity contribution < 1.29 is 8.78 Å². The van der Waals surface area contributed by atoms with Crippen LogP contribution in [0.25, 0.3) is 0 Å². The van der Waals surface area contributed by atoms with Gasteiger partial charge < -0.3 is 9.88 Å². The van der Waals surface area contributed by atoms with Crippen LogP contribution < -0.4 is 5.32 Å². The highest BCUT2D eigenvalue weighted by Gasteiger charge is 2.12. The highest BCUT2D eigenvalue weighted by Crippen LogP contribution is 2.14. The van der Waals surface area contributed by atoms with Crippen molar-refractivity contribution >= 4 is 0 Å². The minimum absolute atomic E-state index is 0.0385. The fourth-order valence-electron chi connectivity index (χ4n) is 2.17. The van der Waals surface area contributed by atoms with Gasteiger partial charge in [-0.15, -0.1) is 0 Å². The van der Waals surface area contributed by atoms with Gasteiger partial charge in [0.2, 0.25) is 0 Å². The average molecular weight is 279 g/mol. The molecule has 1 atom stereocenters. The normalized spacial score (nSPS) is 12.6. The quantitative estimate of drug-likeness (QED) is 0.881. The maximum Gasteiger partial charge on any atom is 0.129 e. The summed E-state index contributed by atoms with van der Waals surface area (Å²) < 4.78 is 29.1. The Hall–Kier alpha value is -1.75. The summed E-state index contributed by atoms with van der Waals surface area (Å²) >= 11 is 0. The molecule has 0 radical (unpaired) electrons. The number of aromatic nitrogens is 2. The second kappa shape index (κ2) is 6.61. The Morgan fingerprint density at radius 3 is 2.65 bits per heavy atom. The van der Waals surface area contributed by atoms with Gasteiger partial charge in [0.05, 0.1) is 6.54 Å². The van der Waals surface area contributed by atoms with Crippen LogP contribution in [0.1, 0.15) is 25.2 Å². The Balaban J connectivity index is 1.94. The minimum Gasteiger partial charge on any atom is -0.334 e. The van der Waals surface area contributed by atoms with E-state index in [-0.39, 0.29) is 11.6 Å². The number of aryl methyl sites for hydroxylation is 1. The molecule has 1 heterocycles. The summed E-state index contributed by atoms with van der Waals surface area (Å²) in [6.07, 6.45) is 3.98. The number of rotatable bonds is 6. The van der Waals surface area contributed by atoms with Gasteiger partial charge in [0.15, 0.2) is 0 Å². The molecule has 0 bridgehead atoms. The molecule has 3 nitrogen and oxygen atoms in total. The van der Waals surface area contributed by atoms with Crippen LogP contribution in [0.2, 0.25) is 0 Å². The van der Waals surface area contributed by atoms with Crippen molar-refractivity contribution in [2.24, 2.45) is 0 Å². The van der Waals surface area contributed by atoms with Gasteiger partial charge in [-0.3, -0.25) is 0 Å². The van der Waals surface area contributed by atoms with E-state index >= 15 is 0 Å². The van der Waals surface area contributed by atoms with Gasteiger partial charge in [0.1, 0.15) is 17.5 Å². The average Bonchev–Trinajstić information content (AvgIpc) is 2.88. The Labute approximate surface area is 117 Å². The van der Waals surface area contributed by atoms with Crippen molar-refractivity contribution in [1.29, 1.82) is 0 Å². The number of halogens is 2. The largest absolute Gasteiger partial charge is 0.334 e. The van der Waals surface area contributed by atoms with E-state index in [0.29, 0.717) is 13.0 Å². The van der Waals surface area contributed by atoms with Gasteiger partial charge in [-0.05, 0) is 32.4 Å². The SMILES string of the molecule is CCn1ccnc1CNC(C)Cc1c(F)cccc1F. The molecule has 0 aliphatic heterocycles. The molecular formula is C15H19F2N3. The molecule has 20 heavy (non-hydrogen) atoms. The Bertz CT molecular complexity index is 546. The first-order chi connectivity index (χ1) is 9.61. The fraction of sp³-hybridized carbons (Fsp3) is 0.400. The van der Waals surface area contributed by atoms with Crippen LogP contribution in [0.3, 0.4) is 0 Å². The van der Waals surface area contributed by atoms with E-state index in [1.807, 2.05) is 24.6 Å². The van der Waals surface area contributed by atoms with Crippen molar-refractivity contribution in [2.75, 3.05) is 0 Å². The molecule has 1 aromatic heterocycles. The summed E-state index contributed by atoms with van der Waals surface area (Å²) in [5.74, 6) is -0.0595. The molecule has 108 valence electrons. The third-order valence-corrected chi connectivity index (χ3v) is 3.32. The van der Waals surface area contributed by atoms with E-state index in [1.165, 1.54) is 18.2 Å². The van der Waals surface area contributed by atoms with E-state index in [4.69, 9.17) is 0 Å². The van der Waals surface area contributed by atoms with Gasteiger partial charge in [-0.2, -0.15) is 0 Å². The van der Waals surface area contributed by atoms with Crippen LogP contribution in [0.4, 0.5) is 8.78 Å². The molecule has 1 N–H and O–H groups in total. The molecule has 0 fully saturated rings. The maximum absolute atomic E-state index is 13.6. The second-order valence-electron chi connectivity index (χ2n) is 4.82. The van der Waals surface area contributed by atoms with Crippen molar-refractivity contribution in [3.8, 4) is 0 Å². The molecule has 5 heteroatoms. The Kier molecular flexibility index (Phi) is 4.84. The van der Waals surface area contributed by atoms with Gasteiger partial charge in [0.25, 0.3) is 0 Å². The predicted octanol–water partition coefficient (Wildman–Crippen LogP) is 2.90. The van der Waals surface area contributed by atoms with Crippen molar-refractivity contribution in [2.45, 2.75) is 39.4 Å². The zero-order valence-electron chi connectivity index (χ0n) is 11.7. The van der Waals surface area contributed by atoms with Gasteiger partial charge in [-0.25, -0.2) is 13.8 Å². The van der Waals surface area contributed by atoms with Crippen LogP contribution in [0, 0.1) is 11.6 Å². The fourth-order valence-corrected chi connectivity index (χ4v) is 2.17. The summed E-state index contributed by atoms with van der Waals surface area (Å²) in [6.45, 7) is 5.39. The van der Waals surface area contributed by atoms with E-state index in [2.05, 4.69) is 10.3 Å². The second-order valence-corrected chi connectivity index (χ2v) is 4.82. The van der Waals surface area contributed by atoms with E-state index < -0.39 is 11.6 Å². The molecule has 0 saturated carbocycles. The van der Waals surface area contributed by atoms with E-state index in [0.717, 1.165) is 12.4 Å². The third kappa shape index (κ3) is 3.42. The highest BCUT2D eigenvalue weighted by molar-refractivity contribution is 5.20. The first-order valence-electron chi connectivity index (χ1n) is 6.78. The van der Waals surface area contributed by atoms with Gasteiger partial charge >= 0.3 is 0 Å². The lowest BCUT2D eigenvalue weighted by Crippen LogP contribution is -2.29. The molecule has 0 aliphatic carbocycles. The monoisotopic (exact) mass is 279 g/mol. The zero-order chi connectivity index (χ0) is 14.5. The predicted molar refractivity (Wildman–Crippen MR) is 74.3 cm³/mol. The first kappa shape index (κ1) is 14.7. The lowest BCUT2D eigenvalue weighted by Gasteiger charge is -2.15. The standard InChI is InChI=1S/C15H19F2N3/c1-3-20-8-7-18-15(20)10-19-11(2)9-12-13(16)5-4-6-14(12)17/h4-8,11,19H,3,9-10H2,1-2H3. The Morgan fingerprint density at radius 2 is 2.00 bits per heavy atom. The number of nitrogens with one attached hydrogen (secondary N) is 1. The number of benzene rings is 1. The molecule has 0 saturated heterocycles. The molecule has 2 aromatic rings. The maximum atomic E-state index is 13.6. The topological polar surface area (TPSA) is 29.9 Å². The zero-order valence-corrected chi connectivity index (χ0v) is 11.7. The summed E-state index contributed by atoms with van der Waals surface area (Å²) in [7, 11) is 0. The number of hydrogen-bond acceptors (Lipinski definition) is 2. The van der Waals surface area contributed by atoms with Crippen LogP contribution >= 0.6 is 0 Å². The smallest absolute Gasteiger partial charge is 0.129 e. The first-order valence-corrected chi connectivity index (χ1v) is 6.78. The molecule has 1 unspecified atom stereocenters. The number of nitrogens with zero attached hydrogens (tertiary/aromatic N) is 2. The van der Waals surface area contributed by atoms with Crippen molar-refractivity contribution in [1.82, 2.24) is 14.9 Å².